The maximum Gasteiger partial charge on any atom is 0.472 e. The number of esters is 1. The second-order valence-electron chi connectivity index (χ2n) is 12.7. The summed E-state index contributed by atoms with van der Waals surface area (Å²) < 4.78 is 59.7. The quantitative estimate of drug-likeness (QED) is 0.0451. The fourth-order valence-corrected chi connectivity index (χ4v) is 7.55. The molecule has 9 N–H and O–H groups in total. The Morgan fingerprint density at radius 2 is 1.84 bits per heavy atom. The predicted octanol–water partition coefficient (Wildman–Crippen LogP) is -0.562. The number of nitrogens with two attached hydrogens (primary N) is 2. The number of nitrogen functional groups attached to an aromatic ring is 2. The van der Waals surface area contributed by atoms with Crippen LogP contribution in [0.2, 0.25) is 0 Å². The van der Waals surface area contributed by atoms with Crippen LogP contribution in [-0.2, 0) is 51.3 Å². The number of aromatic nitrogens is 6. The van der Waals surface area contributed by atoms with Crippen LogP contribution in [0.25, 0.3) is 11.2 Å². The van der Waals surface area contributed by atoms with Gasteiger partial charge in [-0.25, -0.2) is 33.7 Å². The summed E-state index contributed by atoms with van der Waals surface area (Å²) in [7, 11) is -10.3. The Labute approximate surface area is 332 Å². The van der Waals surface area contributed by atoms with Crippen LogP contribution in [0.1, 0.15) is 44.6 Å². The van der Waals surface area contributed by atoms with E-state index in [1.165, 1.54) is 29.2 Å². The van der Waals surface area contributed by atoms with E-state index in [-0.39, 0.29) is 60.0 Å². The molecule has 58 heavy (non-hydrogen) atoms. The highest BCUT2D eigenvalue weighted by molar-refractivity contribution is 8.13. The maximum absolute atomic E-state index is 13.7. The number of hydrogen-bond donors (Lipinski definition) is 7. The number of amides is 1. The van der Waals surface area contributed by atoms with Crippen molar-refractivity contribution in [2.75, 3.05) is 30.9 Å². The number of imidazole rings is 1. The molecule has 1 amide bonds. The van der Waals surface area contributed by atoms with Crippen LogP contribution >= 0.6 is 27.4 Å². The summed E-state index contributed by atoms with van der Waals surface area (Å²) in [5, 5.41) is 13.8. The predicted molar refractivity (Wildman–Crippen MR) is 199 cm³/mol. The third-order valence-electron chi connectivity index (χ3n) is 8.70. The molecule has 0 radical (unpaired) electrons. The number of fused-ring (bicyclic) bond motifs is 1. The van der Waals surface area contributed by atoms with Gasteiger partial charge in [0.25, 0.3) is 0 Å². The highest BCUT2D eigenvalue weighted by Crippen LogP contribution is 2.50. The molecule has 3 aromatic rings. The van der Waals surface area contributed by atoms with Gasteiger partial charge < -0.3 is 50.8 Å². The minimum atomic E-state index is -5.23. The largest absolute Gasteiger partial charge is 0.472 e. The molecule has 0 aromatic carbocycles. The number of aliphatic hydroxyl groups is 1. The van der Waals surface area contributed by atoms with Crippen molar-refractivity contribution in [1.29, 1.82) is 0 Å². The van der Waals surface area contributed by atoms with Crippen molar-refractivity contribution in [2.45, 2.75) is 81.1 Å². The van der Waals surface area contributed by atoms with E-state index in [2.05, 4.69) is 36.4 Å². The Balaban J connectivity index is 1.37. The second-order valence-corrected chi connectivity index (χ2v) is 16.2. The van der Waals surface area contributed by atoms with E-state index < -0.39 is 95.4 Å². The van der Waals surface area contributed by atoms with Gasteiger partial charge in [-0.1, -0.05) is 17.8 Å². The lowest BCUT2D eigenvalue weighted by atomic mass is 10.1. The Bertz CT molecular complexity index is 2140. The van der Waals surface area contributed by atoms with Crippen LogP contribution in [0.4, 0.5) is 11.6 Å². The highest BCUT2D eigenvalue weighted by Gasteiger charge is 2.50. The molecule has 25 nitrogen and oxygen atoms in total. The molecular weight excluding hydrogens is 836 g/mol. The first-order valence-electron chi connectivity index (χ1n) is 17.2. The van der Waals surface area contributed by atoms with Crippen molar-refractivity contribution >= 4 is 67.2 Å². The first kappa shape index (κ1) is 44.9. The number of aliphatic hydroxyl groups excluding tert-OH is 1. The van der Waals surface area contributed by atoms with Gasteiger partial charge in [0, 0.05) is 25.5 Å². The van der Waals surface area contributed by atoms with E-state index in [4.69, 9.17) is 34.7 Å². The number of allylic oxidation sites excluding steroid dienone is 1. The number of anilines is 2. The first-order valence-corrected chi connectivity index (χ1v) is 21.4. The number of nitrogens with one attached hydrogen (secondary N) is 1. The summed E-state index contributed by atoms with van der Waals surface area (Å²) in [5.41, 5.74) is 10.8. The zero-order valence-corrected chi connectivity index (χ0v) is 33.1. The summed E-state index contributed by atoms with van der Waals surface area (Å²) in [5.74, 6) is -1.76. The molecular formula is C30H41N9O16P2S. The Morgan fingerprint density at radius 3 is 2.53 bits per heavy atom. The zero-order chi connectivity index (χ0) is 42.4. The average Bonchev–Trinajstić information content (AvgIpc) is 3.85. The van der Waals surface area contributed by atoms with Crippen LogP contribution in [0.3, 0.4) is 0 Å². The van der Waals surface area contributed by atoms with Gasteiger partial charge in [-0.3, -0.25) is 32.3 Å². The number of carbonyl (C=O) groups is 3. The summed E-state index contributed by atoms with van der Waals surface area (Å²) in [6.07, 6.45) is -4.40. The summed E-state index contributed by atoms with van der Waals surface area (Å²) >= 11 is 0.914. The Morgan fingerprint density at radius 1 is 1.10 bits per heavy atom. The number of ether oxygens (including phenoxy) is 3. The molecule has 2 unspecified atom stereocenters. The fraction of sp³-hybridized carbons (Fsp3) is 0.533. The molecule has 2 aliphatic heterocycles. The molecule has 5 heterocycles. The van der Waals surface area contributed by atoms with E-state index in [1.54, 1.807) is 6.26 Å². The summed E-state index contributed by atoms with van der Waals surface area (Å²) in [4.78, 5) is 96.0. The van der Waals surface area contributed by atoms with Crippen LogP contribution < -0.4 is 22.5 Å². The normalized spacial score (nSPS) is 24.9. The van der Waals surface area contributed by atoms with Gasteiger partial charge >= 0.3 is 27.3 Å². The van der Waals surface area contributed by atoms with E-state index in [9.17, 15) is 48.1 Å². The highest BCUT2D eigenvalue weighted by atomic mass is 32.2. The molecule has 0 bridgehead atoms. The van der Waals surface area contributed by atoms with Gasteiger partial charge in [-0.15, -0.1) is 6.58 Å². The van der Waals surface area contributed by atoms with Crippen molar-refractivity contribution in [3.05, 3.63) is 48.1 Å². The number of hydrogen-bond acceptors (Lipinski definition) is 20. The third-order valence-corrected chi connectivity index (χ3v) is 10.9. The number of phosphoric ester groups is 2. The van der Waals surface area contributed by atoms with Gasteiger partial charge in [-0.2, -0.15) is 4.98 Å². The molecule has 2 saturated heterocycles. The van der Waals surface area contributed by atoms with Crippen molar-refractivity contribution < 1.29 is 71.1 Å². The van der Waals surface area contributed by atoms with Crippen molar-refractivity contribution in [3.8, 4) is 0 Å². The molecule has 0 saturated carbocycles. The monoisotopic (exact) mass is 877 g/mol. The minimum absolute atomic E-state index is 0.00699. The third kappa shape index (κ3) is 11.5. The van der Waals surface area contributed by atoms with Gasteiger partial charge in [0.05, 0.1) is 19.5 Å². The summed E-state index contributed by atoms with van der Waals surface area (Å²) in [6.45, 7) is 1.79. The lowest BCUT2D eigenvalue weighted by Crippen LogP contribution is -2.46. The average molecular weight is 878 g/mol. The maximum atomic E-state index is 13.7. The zero-order valence-electron chi connectivity index (χ0n) is 30.5. The smallest absolute Gasteiger partial charge is 0.455 e. The van der Waals surface area contributed by atoms with Crippen LogP contribution in [0.15, 0.2) is 42.4 Å². The van der Waals surface area contributed by atoms with Gasteiger partial charge in [-0.05, 0) is 25.2 Å². The molecule has 9 atom stereocenters. The number of phosphoric acid groups is 2. The van der Waals surface area contributed by atoms with Crippen LogP contribution in [0, 0.1) is 0 Å². The molecule has 3 aromatic heterocycles. The molecule has 2 fully saturated rings. The topological polar surface area (TPSA) is 364 Å². The molecule has 318 valence electrons. The lowest BCUT2D eigenvalue weighted by molar-refractivity contribution is -0.160. The van der Waals surface area contributed by atoms with E-state index in [0.717, 1.165) is 22.7 Å². The Kier molecular flexibility index (Phi) is 14.9. The van der Waals surface area contributed by atoms with Crippen molar-refractivity contribution in [3.63, 3.8) is 0 Å². The number of nitrogens with zero attached hydrogens (tertiary/aromatic N) is 6. The fourth-order valence-electron chi connectivity index (χ4n) is 5.93. The SMILES string of the molecule is C=CCCC(=O)NC(CCC(=O)SC)C(=O)O[C@H]1[C@@H](O)[C@H](n2cnc3c(N)ncnc32)O[C@@H]1COP(=O)(O)O[C@H]1C[C@H](n2ccc(N)nc2=O)O[C@@H]1COP(=O)(O)O. The van der Waals surface area contributed by atoms with E-state index in [0.29, 0.717) is 0 Å². The summed E-state index contributed by atoms with van der Waals surface area (Å²) in [6, 6.07) is -0.106. The second kappa shape index (κ2) is 19.3. The molecule has 28 heteroatoms. The first-order chi connectivity index (χ1) is 27.4. The van der Waals surface area contributed by atoms with E-state index >= 15 is 0 Å². The number of thioether (sulfide) groups is 1. The lowest BCUT2D eigenvalue weighted by Gasteiger charge is -2.25. The number of rotatable bonds is 19. The molecule has 0 aliphatic carbocycles. The standard InChI is InChI=1S/C30H41N9O16P2S/c1-3-4-5-20(40)36-15(6-7-22(41)58-2)29(43)54-25-18(53-28(24(25)42)39-14-35-23-26(32)33-13-34-27(23)39)12-51-57(48,49)55-16-10-21(38-9-8-19(31)37-30(38)44)52-17(16)11-50-56(45,46)47/h3,8-9,13-18,21,24-25,28,42H,1,4-7,10-12H2,2H3,(H,36,40)(H,48,49)(H2,31,37,44)(H2,32,33,34)(H2,45,46,47)/t15?,16-,17+,18+,21+,24+,25+,28+/m0/s1. The van der Waals surface area contributed by atoms with Gasteiger partial charge in [0.1, 0.15) is 54.3 Å². The van der Waals surface area contributed by atoms with Crippen LogP contribution in [0.5, 0.6) is 0 Å². The van der Waals surface area contributed by atoms with Crippen molar-refractivity contribution in [1.82, 2.24) is 34.4 Å². The Hall–Kier alpha value is -4.17. The van der Waals surface area contributed by atoms with Gasteiger partial charge in [0.2, 0.25) is 5.91 Å². The minimum Gasteiger partial charge on any atom is -0.455 e. The van der Waals surface area contributed by atoms with E-state index in [1.807, 2.05) is 0 Å². The molecule has 5 rings (SSSR count). The molecule has 0 spiro atoms. The molecule has 2 aliphatic rings. The van der Waals surface area contributed by atoms with Crippen molar-refractivity contribution in [2.24, 2.45) is 0 Å². The van der Waals surface area contributed by atoms with Crippen LogP contribution in [-0.4, -0.2) is 122 Å². The van der Waals surface area contributed by atoms with Gasteiger partial charge in [0.15, 0.2) is 28.9 Å². The number of carbonyl (C=O) groups excluding carboxylic acids is 3.